The van der Waals surface area contributed by atoms with E-state index in [4.69, 9.17) is 0 Å². The molecule has 0 aliphatic heterocycles. The highest BCUT2D eigenvalue weighted by molar-refractivity contribution is 7.86. The predicted molar refractivity (Wildman–Crippen MR) is 62.9 cm³/mol. The summed E-state index contributed by atoms with van der Waals surface area (Å²) in [5, 5.41) is 0. The van der Waals surface area contributed by atoms with E-state index in [1.807, 2.05) is 20.8 Å². The molecule has 1 aromatic carbocycles. The van der Waals surface area contributed by atoms with Gasteiger partial charge < -0.3 is 0 Å². The van der Waals surface area contributed by atoms with Gasteiger partial charge >= 0.3 is 10.2 Å². The average molecular weight is 244 g/mol. The molecule has 16 heavy (non-hydrogen) atoms. The number of aryl methyl sites for hydroxylation is 3. The van der Waals surface area contributed by atoms with E-state index in [1.54, 1.807) is 12.1 Å². The zero-order chi connectivity index (χ0) is 12.3. The lowest BCUT2D eigenvalue weighted by molar-refractivity contribution is 0.549. The third kappa shape index (κ3) is 2.61. The van der Waals surface area contributed by atoms with Crippen LogP contribution in [0.5, 0.6) is 0 Å². The van der Waals surface area contributed by atoms with Gasteiger partial charge in [0, 0.05) is 0 Å². The Labute approximate surface area is 96.7 Å². The lowest BCUT2D eigenvalue weighted by Gasteiger charge is -2.11. The fourth-order valence-electron chi connectivity index (χ4n) is 1.87. The summed E-state index contributed by atoms with van der Waals surface area (Å²) in [4.78, 5) is -0.116. The Morgan fingerprint density at radius 1 is 1.00 bits per heavy atom. The SMILES string of the molecule is CCc1cc(CC)c(S(=O)(=O)F)c(CC)c1. The monoisotopic (exact) mass is 244 g/mol. The van der Waals surface area contributed by atoms with Crippen molar-refractivity contribution < 1.29 is 12.3 Å². The van der Waals surface area contributed by atoms with Gasteiger partial charge in [0.05, 0.1) is 0 Å². The fraction of sp³-hybridized carbons (Fsp3) is 0.500. The summed E-state index contributed by atoms with van der Waals surface area (Å²) >= 11 is 0. The Balaban J connectivity index is 3.57. The van der Waals surface area contributed by atoms with Gasteiger partial charge in [0.2, 0.25) is 0 Å². The summed E-state index contributed by atoms with van der Waals surface area (Å²) in [6, 6.07) is 3.57. The second kappa shape index (κ2) is 4.95. The zero-order valence-corrected chi connectivity index (χ0v) is 10.7. The van der Waals surface area contributed by atoms with E-state index >= 15 is 0 Å². The van der Waals surface area contributed by atoms with E-state index in [9.17, 15) is 12.3 Å². The van der Waals surface area contributed by atoms with Crippen molar-refractivity contribution in [3.63, 3.8) is 0 Å². The third-order valence-electron chi connectivity index (χ3n) is 2.72. The van der Waals surface area contributed by atoms with E-state index in [-0.39, 0.29) is 4.90 Å². The summed E-state index contributed by atoms with van der Waals surface area (Å²) in [5.41, 5.74) is 2.22. The molecule has 0 aliphatic carbocycles. The summed E-state index contributed by atoms with van der Waals surface area (Å²) in [7, 11) is -4.61. The van der Waals surface area contributed by atoms with Crippen molar-refractivity contribution >= 4 is 10.2 Å². The van der Waals surface area contributed by atoms with Gasteiger partial charge in [-0.1, -0.05) is 32.9 Å². The Kier molecular flexibility index (Phi) is 4.08. The predicted octanol–water partition coefficient (Wildman–Crippen LogP) is 3.03. The first kappa shape index (κ1) is 13.2. The molecule has 1 rings (SSSR count). The minimum Gasteiger partial charge on any atom is -0.189 e. The summed E-state index contributed by atoms with van der Waals surface area (Å²) in [6.07, 6.45) is 1.88. The molecule has 0 unspecified atom stereocenters. The first-order valence-electron chi connectivity index (χ1n) is 5.53. The Hall–Kier alpha value is -0.900. The van der Waals surface area contributed by atoms with Crippen LogP contribution in [0.2, 0.25) is 0 Å². The molecule has 4 heteroatoms. The molecule has 0 radical (unpaired) electrons. The summed E-state index contributed by atoms with van der Waals surface area (Å²) < 4.78 is 35.5. The molecule has 0 amide bonds. The lowest BCUT2D eigenvalue weighted by Crippen LogP contribution is -2.05. The normalized spacial score (nSPS) is 11.8. The maximum Gasteiger partial charge on any atom is 0.332 e. The second-order valence-corrected chi connectivity index (χ2v) is 5.03. The van der Waals surface area contributed by atoms with Crippen molar-refractivity contribution in [2.75, 3.05) is 0 Å². The van der Waals surface area contributed by atoms with E-state index in [0.29, 0.717) is 24.0 Å². The summed E-state index contributed by atoms with van der Waals surface area (Å²) in [6.45, 7) is 5.67. The molecule has 0 fully saturated rings. The van der Waals surface area contributed by atoms with Gasteiger partial charge in [-0.3, -0.25) is 0 Å². The largest absolute Gasteiger partial charge is 0.332 e. The minimum atomic E-state index is -4.61. The van der Waals surface area contributed by atoms with Crippen LogP contribution in [0.15, 0.2) is 17.0 Å². The van der Waals surface area contributed by atoms with Gasteiger partial charge in [-0.2, -0.15) is 8.42 Å². The lowest BCUT2D eigenvalue weighted by atomic mass is 10.0. The van der Waals surface area contributed by atoms with Crippen LogP contribution in [0.4, 0.5) is 3.89 Å². The second-order valence-electron chi connectivity index (χ2n) is 3.74. The van der Waals surface area contributed by atoms with Gasteiger partial charge in [0.1, 0.15) is 4.90 Å². The molecule has 0 heterocycles. The Morgan fingerprint density at radius 2 is 1.44 bits per heavy atom. The van der Waals surface area contributed by atoms with Crippen molar-refractivity contribution in [1.82, 2.24) is 0 Å². The molecule has 0 aromatic heterocycles. The molecule has 0 spiro atoms. The molecule has 2 nitrogen and oxygen atoms in total. The minimum absolute atomic E-state index is 0.116. The van der Waals surface area contributed by atoms with E-state index in [2.05, 4.69) is 0 Å². The van der Waals surface area contributed by atoms with Crippen LogP contribution in [-0.4, -0.2) is 8.42 Å². The standard InChI is InChI=1S/C12H17FO2S/c1-4-9-7-10(5-2)12(16(13,14)15)11(6-3)8-9/h7-8H,4-6H2,1-3H3. The Morgan fingerprint density at radius 3 is 1.69 bits per heavy atom. The van der Waals surface area contributed by atoms with Crippen molar-refractivity contribution in [2.24, 2.45) is 0 Å². The van der Waals surface area contributed by atoms with Crippen molar-refractivity contribution in [3.8, 4) is 0 Å². The van der Waals surface area contributed by atoms with Crippen LogP contribution in [-0.2, 0) is 29.5 Å². The molecule has 0 bridgehead atoms. The smallest absolute Gasteiger partial charge is 0.189 e. The van der Waals surface area contributed by atoms with Crippen molar-refractivity contribution in [1.29, 1.82) is 0 Å². The average Bonchev–Trinajstić information content (AvgIpc) is 2.25. The molecule has 0 N–H and O–H groups in total. The van der Waals surface area contributed by atoms with Crippen LogP contribution in [0.1, 0.15) is 37.5 Å². The first-order valence-corrected chi connectivity index (χ1v) is 6.91. The maximum atomic E-state index is 13.2. The number of benzene rings is 1. The summed E-state index contributed by atoms with van der Waals surface area (Å²) in [5.74, 6) is 0. The van der Waals surface area contributed by atoms with Crippen LogP contribution in [0.3, 0.4) is 0 Å². The molecule has 1 aromatic rings. The van der Waals surface area contributed by atoms with Gasteiger partial charge in [0.15, 0.2) is 0 Å². The molecular weight excluding hydrogens is 227 g/mol. The molecule has 90 valence electrons. The van der Waals surface area contributed by atoms with Crippen molar-refractivity contribution in [3.05, 3.63) is 28.8 Å². The number of halogens is 1. The quantitative estimate of drug-likeness (QED) is 0.763. The van der Waals surface area contributed by atoms with Gasteiger partial charge in [-0.05, 0) is 36.0 Å². The molecule has 0 aliphatic rings. The van der Waals surface area contributed by atoms with Gasteiger partial charge in [0.25, 0.3) is 0 Å². The molecular formula is C12H17FO2S. The fourth-order valence-corrected chi connectivity index (χ4v) is 2.90. The highest BCUT2D eigenvalue weighted by atomic mass is 32.3. The van der Waals surface area contributed by atoms with E-state index in [1.165, 1.54) is 0 Å². The molecule has 0 atom stereocenters. The first-order chi connectivity index (χ1) is 7.43. The van der Waals surface area contributed by atoms with Crippen LogP contribution in [0, 0.1) is 0 Å². The molecule has 0 saturated carbocycles. The van der Waals surface area contributed by atoms with Crippen LogP contribution >= 0.6 is 0 Å². The van der Waals surface area contributed by atoms with Crippen LogP contribution < -0.4 is 0 Å². The molecule has 0 saturated heterocycles. The Bertz CT molecular complexity index is 453. The van der Waals surface area contributed by atoms with Crippen LogP contribution in [0.25, 0.3) is 0 Å². The number of hydrogen-bond donors (Lipinski definition) is 0. The maximum absolute atomic E-state index is 13.2. The highest BCUT2D eigenvalue weighted by Crippen LogP contribution is 2.26. The van der Waals surface area contributed by atoms with Gasteiger partial charge in [-0.25, -0.2) is 0 Å². The number of rotatable bonds is 4. The third-order valence-corrected chi connectivity index (χ3v) is 3.73. The zero-order valence-electron chi connectivity index (χ0n) is 9.88. The van der Waals surface area contributed by atoms with E-state index < -0.39 is 10.2 Å². The van der Waals surface area contributed by atoms with Gasteiger partial charge in [-0.15, -0.1) is 3.89 Å². The topological polar surface area (TPSA) is 34.1 Å². The highest BCUT2D eigenvalue weighted by Gasteiger charge is 2.21. The van der Waals surface area contributed by atoms with E-state index in [0.717, 1.165) is 12.0 Å². The number of hydrogen-bond acceptors (Lipinski definition) is 2. The van der Waals surface area contributed by atoms with Crippen molar-refractivity contribution in [2.45, 2.75) is 44.9 Å².